The molecule has 0 bridgehead atoms. The topological polar surface area (TPSA) is 115 Å². The van der Waals surface area contributed by atoms with Gasteiger partial charge in [-0.05, 0) is 60.7 Å². The molecule has 6 heterocycles. The molecule has 0 spiro atoms. The Morgan fingerprint density at radius 2 is 1.93 bits per heavy atom. The first kappa shape index (κ1) is 27.8. The Morgan fingerprint density at radius 3 is 2.70 bits per heavy atom. The van der Waals surface area contributed by atoms with Gasteiger partial charge in [-0.3, -0.25) is 14.3 Å². The molecule has 11 nitrogen and oxygen atoms in total. The van der Waals surface area contributed by atoms with E-state index in [1.807, 2.05) is 42.1 Å². The third kappa shape index (κ3) is 5.77. The fraction of sp³-hybridized carbons (Fsp3) is 0.303. The summed E-state index contributed by atoms with van der Waals surface area (Å²) in [6, 6.07) is 14.1. The predicted molar refractivity (Wildman–Crippen MR) is 169 cm³/mol. The molecule has 0 saturated carbocycles. The van der Waals surface area contributed by atoms with E-state index in [4.69, 9.17) is 14.7 Å². The molecule has 2 fully saturated rings. The van der Waals surface area contributed by atoms with Crippen LogP contribution in [0.15, 0.2) is 72.0 Å². The SMILES string of the molecule is Cn1ccnc1C#Cc1cc2cnc(Nc3ccc(C4CCNC4)cc3)nc2n(Cc2ncccc2N2CCOCC2)c1=O. The van der Waals surface area contributed by atoms with Crippen LogP contribution in [0.25, 0.3) is 11.0 Å². The van der Waals surface area contributed by atoms with Gasteiger partial charge in [0.15, 0.2) is 5.82 Å². The first-order chi connectivity index (χ1) is 21.6. The third-order valence-corrected chi connectivity index (χ3v) is 8.18. The molecule has 5 aromatic rings. The zero-order chi connectivity index (χ0) is 29.9. The molecule has 0 amide bonds. The Hall–Kier alpha value is -5.05. The highest BCUT2D eigenvalue weighted by atomic mass is 16.5. The van der Waals surface area contributed by atoms with E-state index < -0.39 is 0 Å². The van der Waals surface area contributed by atoms with Gasteiger partial charge in [-0.25, -0.2) is 9.97 Å². The van der Waals surface area contributed by atoms with Crippen LogP contribution in [0.5, 0.6) is 0 Å². The lowest BCUT2D eigenvalue weighted by molar-refractivity contribution is 0.122. The van der Waals surface area contributed by atoms with Crippen molar-refractivity contribution in [3.8, 4) is 11.8 Å². The molecule has 2 aliphatic rings. The predicted octanol–water partition coefficient (Wildman–Crippen LogP) is 3.03. The van der Waals surface area contributed by atoms with Crippen molar-refractivity contribution in [2.75, 3.05) is 49.6 Å². The summed E-state index contributed by atoms with van der Waals surface area (Å²) in [6.07, 6.45) is 8.13. The molecular formula is C33H33N9O2. The summed E-state index contributed by atoms with van der Waals surface area (Å²) >= 11 is 0. The van der Waals surface area contributed by atoms with Crippen molar-refractivity contribution in [2.24, 2.45) is 7.05 Å². The van der Waals surface area contributed by atoms with Crippen LogP contribution in [0.1, 0.15) is 35.0 Å². The largest absolute Gasteiger partial charge is 0.378 e. The van der Waals surface area contributed by atoms with Crippen LogP contribution in [0.3, 0.4) is 0 Å². The zero-order valence-electron chi connectivity index (χ0n) is 24.5. The number of hydrogen-bond acceptors (Lipinski definition) is 9. The highest BCUT2D eigenvalue weighted by Crippen LogP contribution is 2.25. The molecule has 222 valence electrons. The van der Waals surface area contributed by atoms with Crippen LogP contribution < -0.4 is 21.1 Å². The van der Waals surface area contributed by atoms with Crippen LogP contribution in [0.2, 0.25) is 0 Å². The van der Waals surface area contributed by atoms with Gasteiger partial charge in [-0.2, -0.15) is 4.98 Å². The number of morpholine rings is 1. The Balaban J connectivity index is 1.27. The van der Waals surface area contributed by atoms with Crippen molar-refractivity contribution in [1.82, 2.24) is 34.4 Å². The standard InChI is InChI=1S/C33H33N9O2/c1-40-14-13-36-30(40)9-6-24-19-26-21-37-33(38-27-7-4-23(5-8-27)25-10-12-34-20-25)39-31(26)42(32(24)43)22-28-29(3-2-11-35-28)41-15-17-44-18-16-41/h2-5,7-8,11,13-14,19,21,25,34H,10,12,15-18,20,22H2,1H3,(H,37,38,39). The molecule has 7 rings (SSSR count). The number of pyridine rings is 2. The maximum absolute atomic E-state index is 14.0. The first-order valence-electron chi connectivity index (χ1n) is 14.9. The lowest BCUT2D eigenvalue weighted by Gasteiger charge is -2.30. The number of rotatable bonds is 6. The highest BCUT2D eigenvalue weighted by Gasteiger charge is 2.19. The second-order valence-electron chi connectivity index (χ2n) is 11.0. The number of anilines is 3. The normalized spacial score (nSPS) is 16.6. The number of imidazole rings is 1. The van der Waals surface area contributed by atoms with E-state index in [0.717, 1.165) is 49.7 Å². The van der Waals surface area contributed by atoms with Gasteiger partial charge in [0.05, 0.1) is 36.7 Å². The van der Waals surface area contributed by atoms with Crippen molar-refractivity contribution >= 4 is 28.4 Å². The average Bonchev–Trinajstić information content (AvgIpc) is 3.75. The molecule has 2 saturated heterocycles. The molecule has 1 aromatic carbocycles. The number of fused-ring (bicyclic) bond motifs is 1. The summed E-state index contributed by atoms with van der Waals surface area (Å²) in [7, 11) is 1.87. The third-order valence-electron chi connectivity index (χ3n) is 8.18. The second kappa shape index (κ2) is 12.3. The lowest BCUT2D eigenvalue weighted by Crippen LogP contribution is -2.37. The molecule has 0 aliphatic carbocycles. The average molecular weight is 588 g/mol. The fourth-order valence-electron chi connectivity index (χ4n) is 5.76. The molecule has 2 N–H and O–H groups in total. The van der Waals surface area contributed by atoms with Crippen molar-refractivity contribution in [1.29, 1.82) is 0 Å². The summed E-state index contributed by atoms with van der Waals surface area (Å²) in [5, 5.41) is 7.45. The van der Waals surface area contributed by atoms with Gasteiger partial charge < -0.3 is 24.8 Å². The van der Waals surface area contributed by atoms with E-state index in [1.165, 1.54) is 5.56 Å². The monoisotopic (exact) mass is 587 g/mol. The molecule has 1 atom stereocenters. The Morgan fingerprint density at radius 1 is 1.07 bits per heavy atom. The summed E-state index contributed by atoms with van der Waals surface area (Å²) < 4.78 is 9.02. The van der Waals surface area contributed by atoms with Gasteiger partial charge in [-0.1, -0.05) is 18.1 Å². The van der Waals surface area contributed by atoms with Crippen LogP contribution in [-0.4, -0.2) is 68.5 Å². The van der Waals surface area contributed by atoms with Gasteiger partial charge >= 0.3 is 0 Å². The minimum Gasteiger partial charge on any atom is -0.378 e. The molecule has 44 heavy (non-hydrogen) atoms. The Labute approximate surface area is 255 Å². The van der Waals surface area contributed by atoms with Crippen molar-refractivity contribution < 1.29 is 4.74 Å². The number of hydrogen-bond donors (Lipinski definition) is 2. The van der Waals surface area contributed by atoms with E-state index in [2.05, 4.69) is 49.5 Å². The smallest absolute Gasteiger partial charge is 0.268 e. The zero-order valence-corrected chi connectivity index (χ0v) is 24.5. The van der Waals surface area contributed by atoms with Crippen LogP contribution in [-0.2, 0) is 18.3 Å². The Kier molecular flexibility index (Phi) is 7.75. The number of aryl methyl sites for hydroxylation is 1. The number of nitrogens with one attached hydrogen (secondary N) is 2. The molecule has 11 heteroatoms. The summed E-state index contributed by atoms with van der Waals surface area (Å²) in [5.74, 6) is 7.59. The van der Waals surface area contributed by atoms with Gasteiger partial charge in [0, 0.05) is 62.5 Å². The van der Waals surface area contributed by atoms with Crippen LogP contribution in [0.4, 0.5) is 17.3 Å². The van der Waals surface area contributed by atoms with Crippen molar-refractivity contribution in [3.63, 3.8) is 0 Å². The molecular weight excluding hydrogens is 554 g/mol. The van der Waals surface area contributed by atoms with Gasteiger partial charge in [-0.15, -0.1) is 0 Å². The number of ether oxygens (including phenoxy) is 1. The van der Waals surface area contributed by atoms with Crippen LogP contribution >= 0.6 is 0 Å². The van der Waals surface area contributed by atoms with Crippen LogP contribution in [0, 0.1) is 11.8 Å². The minimum absolute atomic E-state index is 0.224. The first-order valence-corrected chi connectivity index (χ1v) is 14.9. The van der Waals surface area contributed by atoms with Gasteiger partial charge in [0.2, 0.25) is 5.95 Å². The summed E-state index contributed by atoms with van der Waals surface area (Å²) in [4.78, 5) is 34.7. The fourth-order valence-corrected chi connectivity index (χ4v) is 5.76. The maximum Gasteiger partial charge on any atom is 0.268 e. The highest BCUT2D eigenvalue weighted by molar-refractivity contribution is 5.78. The molecule has 4 aromatic heterocycles. The number of benzene rings is 1. The van der Waals surface area contributed by atoms with E-state index in [0.29, 0.717) is 47.5 Å². The molecule has 1 unspecified atom stereocenters. The van der Waals surface area contributed by atoms with Crippen molar-refractivity contribution in [3.05, 3.63) is 100 Å². The van der Waals surface area contributed by atoms with Crippen molar-refractivity contribution in [2.45, 2.75) is 18.9 Å². The van der Waals surface area contributed by atoms with E-state index in [1.54, 1.807) is 29.2 Å². The summed E-state index contributed by atoms with van der Waals surface area (Å²) in [5.41, 5.74) is 4.54. The van der Waals surface area contributed by atoms with E-state index in [9.17, 15) is 4.79 Å². The number of nitrogens with zero attached hydrogens (tertiary/aromatic N) is 7. The van der Waals surface area contributed by atoms with E-state index >= 15 is 0 Å². The molecule has 2 aliphatic heterocycles. The maximum atomic E-state index is 14.0. The van der Waals surface area contributed by atoms with Gasteiger partial charge in [0.25, 0.3) is 5.56 Å². The minimum atomic E-state index is -0.253. The number of aromatic nitrogens is 6. The second-order valence-corrected chi connectivity index (χ2v) is 11.0. The lowest BCUT2D eigenvalue weighted by atomic mass is 9.98. The molecule has 0 radical (unpaired) electrons. The van der Waals surface area contributed by atoms with Gasteiger partial charge in [0.1, 0.15) is 5.65 Å². The summed E-state index contributed by atoms with van der Waals surface area (Å²) in [6.45, 7) is 5.11. The quantitative estimate of drug-likeness (QED) is 0.289. The Bertz CT molecular complexity index is 1910. The van der Waals surface area contributed by atoms with E-state index in [-0.39, 0.29) is 12.1 Å².